The van der Waals surface area contributed by atoms with Gasteiger partial charge in [-0.05, 0) is 24.3 Å². The summed E-state index contributed by atoms with van der Waals surface area (Å²) in [6.45, 7) is 4.62. The number of hydrogen-bond donors (Lipinski definition) is 0. The van der Waals surface area contributed by atoms with Crippen molar-refractivity contribution in [1.82, 2.24) is 14.8 Å². The number of nitrogens with zero attached hydrogens (tertiary/aromatic N) is 3. The molecule has 3 rings (SSSR count). The number of aromatic nitrogens is 1. The third-order valence-electron chi connectivity index (χ3n) is 3.98. The lowest BCUT2D eigenvalue weighted by Gasteiger charge is -2.21. The number of amides is 1. The highest BCUT2D eigenvalue weighted by Gasteiger charge is 2.19. The van der Waals surface area contributed by atoms with Crippen molar-refractivity contribution in [2.45, 2.75) is 25.8 Å². The van der Waals surface area contributed by atoms with Crippen molar-refractivity contribution in [3.8, 4) is 0 Å². The Balaban J connectivity index is 1.46. The molecule has 0 aliphatic carbocycles. The van der Waals surface area contributed by atoms with E-state index in [4.69, 9.17) is 0 Å². The minimum atomic E-state index is 0.295. The van der Waals surface area contributed by atoms with E-state index >= 15 is 0 Å². The van der Waals surface area contributed by atoms with Gasteiger partial charge in [-0.2, -0.15) is 0 Å². The van der Waals surface area contributed by atoms with Crippen molar-refractivity contribution in [3.63, 3.8) is 0 Å². The summed E-state index contributed by atoms with van der Waals surface area (Å²) >= 11 is 3.38. The van der Waals surface area contributed by atoms with E-state index in [2.05, 4.69) is 26.7 Å². The molecular formula is C16H21N3OS2. The van der Waals surface area contributed by atoms with E-state index in [9.17, 15) is 4.79 Å². The monoisotopic (exact) mass is 335 g/mol. The molecule has 4 nitrogen and oxygen atoms in total. The molecule has 0 N–H and O–H groups in total. The van der Waals surface area contributed by atoms with Crippen molar-refractivity contribution in [2.24, 2.45) is 0 Å². The van der Waals surface area contributed by atoms with Gasteiger partial charge in [-0.3, -0.25) is 9.69 Å². The molecule has 0 atom stereocenters. The van der Waals surface area contributed by atoms with E-state index < -0.39 is 0 Å². The Morgan fingerprint density at radius 2 is 2.23 bits per heavy atom. The molecule has 0 spiro atoms. The second kappa shape index (κ2) is 7.85. The van der Waals surface area contributed by atoms with Gasteiger partial charge in [0.15, 0.2) is 0 Å². The summed E-state index contributed by atoms with van der Waals surface area (Å²) in [6.07, 6.45) is 2.55. The highest BCUT2D eigenvalue weighted by molar-refractivity contribution is 7.09. The van der Waals surface area contributed by atoms with Crippen molar-refractivity contribution < 1.29 is 4.79 Å². The van der Waals surface area contributed by atoms with Gasteiger partial charge in [-0.15, -0.1) is 22.7 Å². The van der Waals surface area contributed by atoms with Gasteiger partial charge >= 0.3 is 0 Å². The molecule has 1 amide bonds. The first-order chi connectivity index (χ1) is 10.8. The number of hydrogen-bond acceptors (Lipinski definition) is 5. The molecule has 22 heavy (non-hydrogen) atoms. The molecule has 0 bridgehead atoms. The molecule has 1 saturated heterocycles. The molecule has 0 radical (unpaired) electrons. The van der Waals surface area contributed by atoms with Gasteiger partial charge in [0.25, 0.3) is 0 Å². The first-order valence-electron chi connectivity index (χ1n) is 7.71. The molecule has 0 unspecified atom stereocenters. The first kappa shape index (κ1) is 15.6. The number of carbonyl (C=O) groups is 1. The van der Waals surface area contributed by atoms with Gasteiger partial charge < -0.3 is 4.90 Å². The average Bonchev–Trinajstić information content (AvgIpc) is 3.16. The van der Waals surface area contributed by atoms with Crippen LogP contribution in [-0.4, -0.2) is 46.9 Å². The average molecular weight is 335 g/mol. The number of thiophene rings is 1. The summed E-state index contributed by atoms with van der Waals surface area (Å²) in [4.78, 5) is 22.5. The molecule has 1 aliphatic heterocycles. The van der Waals surface area contributed by atoms with Crippen molar-refractivity contribution >= 4 is 28.6 Å². The van der Waals surface area contributed by atoms with E-state index in [1.165, 1.54) is 4.88 Å². The molecule has 118 valence electrons. The summed E-state index contributed by atoms with van der Waals surface area (Å²) in [5.41, 5.74) is 3.02. The maximum Gasteiger partial charge on any atom is 0.222 e. The normalized spacial score (nSPS) is 16.6. The highest BCUT2D eigenvalue weighted by atomic mass is 32.1. The minimum Gasteiger partial charge on any atom is -0.341 e. The first-order valence-corrected chi connectivity index (χ1v) is 9.53. The fourth-order valence-corrected chi connectivity index (χ4v) is 4.02. The predicted molar refractivity (Wildman–Crippen MR) is 91.2 cm³/mol. The van der Waals surface area contributed by atoms with Crippen LogP contribution < -0.4 is 0 Å². The summed E-state index contributed by atoms with van der Waals surface area (Å²) in [6, 6.07) is 4.16. The number of rotatable bonds is 5. The SMILES string of the molecule is O=C(CCc1cccs1)N1CCCN(Cc2cscn2)CC1. The summed E-state index contributed by atoms with van der Waals surface area (Å²) in [5, 5.41) is 4.18. The van der Waals surface area contributed by atoms with Gasteiger partial charge in [-0.25, -0.2) is 4.98 Å². The van der Waals surface area contributed by atoms with Crippen LogP contribution in [0.2, 0.25) is 0 Å². The van der Waals surface area contributed by atoms with Crippen molar-refractivity contribution in [1.29, 1.82) is 0 Å². The van der Waals surface area contributed by atoms with Crippen LogP contribution in [0.4, 0.5) is 0 Å². The quantitative estimate of drug-likeness (QED) is 0.843. The Kier molecular flexibility index (Phi) is 5.58. The largest absolute Gasteiger partial charge is 0.341 e. The molecule has 1 aliphatic rings. The third-order valence-corrected chi connectivity index (χ3v) is 5.55. The third kappa shape index (κ3) is 4.38. The van der Waals surface area contributed by atoms with Crippen molar-refractivity contribution in [3.05, 3.63) is 39.0 Å². The number of carbonyl (C=O) groups excluding carboxylic acids is 1. The summed E-state index contributed by atoms with van der Waals surface area (Å²) in [5.74, 6) is 0.295. The van der Waals surface area contributed by atoms with Gasteiger partial charge in [0.05, 0.1) is 11.2 Å². The smallest absolute Gasteiger partial charge is 0.222 e. The summed E-state index contributed by atoms with van der Waals surface area (Å²) < 4.78 is 0. The zero-order chi connectivity index (χ0) is 15.2. The van der Waals surface area contributed by atoms with E-state index in [0.717, 1.165) is 51.3 Å². The lowest BCUT2D eigenvalue weighted by atomic mass is 10.2. The topological polar surface area (TPSA) is 36.4 Å². The highest BCUT2D eigenvalue weighted by Crippen LogP contribution is 2.14. The lowest BCUT2D eigenvalue weighted by molar-refractivity contribution is -0.131. The lowest BCUT2D eigenvalue weighted by Crippen LogP contribution is -2.35. The van der Waals surface area contributed by atoms with Crippen LogP contribution in [0.5, 0.6) is 0 Å². The maximum atomic E-state index is 12.4. The van der Waals surface area contributed by atoms with E-state index in [1.807, 2.05) is 16.5 Å². The zero-order valence-corrected chi connectivity index (χ0v) is 14.2. The van der Waals surface area contributed by atoms with Crippen LogP contribution in [0.25, 0.3) is 0 Å². The Morgan fingerprint density at radius 3 is 3.00 bits per heavy atom. The van der Waals surface area contributed by atoms with Gasteiger partial charge in [0, 0.05) is 49.4 Å². The fraction of sp³-hybridized carbons (Fsp3) is 0.500. The van der Waals surface area contributed by atoms with Crippen LogP contribution in [-0.2, 0) is 17.8 Å². The molecule has 6 heteroatoms. The number of thiazole rings is 1. The van der Waals surface area contributed by atoms with Crippen LogP contribution >= 0.6 is 22.7 Å². The summed E-state index contributed by atoms with van der Waals surface area (Å²) in [7, 11) is 0. The minimum absolute atomic E-state index is 0.295. The molecule has 2 aromatic heterocycles. The fourth-order valence-electron chi connectivity index (χ4n) is 2.77. The van der Waals surface area contributed by atoms with E-state index in [0.29, 0.717) is 12.3 Å². The van der Waals surface area contributed by atoms with E-state index in [-0.39, 0.29) is 0 Å². The predicted octanol–water partition coefficient (Wildman–Crippen LogP) is 2.87. The Labute approximate surface area is 139 Å². The zero-order valence-electron chi connectivity index (χ0n) is 12.6. The standard InChI is InChI=1S/C16H21N3OS2/c20-16(5-4-15-3-1-10-22-15)19-7-2-6-18(8-9-19)11-14-12-21-13-17-14/h1,3,10,12-13H,2,4-9,11H2. The van der Waals surface area contributed by atoms with E-state index in [1.54, 1.807) is 22.7 Å². The van der Waals surface area contributed by atoms with Crippen LogP contribution in [0, 0.1) is 0 Å². The Hall–Kier alpha value is -1.24. The van der Waals surface area contributed by atoms with Crippen LogP contribution in [0.15, 0.2) is 28.4 Å². The maximum absolute atomic E-state index is 12.4. The molecule has 2 aromatic rings. The molecule has 3 heterocycles. The van der Waals surface area contributed by atoms with Gasteiger partial charge in [0.1, 0.15) is 0 Å². The Morgan fingerprint density at radius 1 is 1.27 bits per heavy atom. The Bertz CT molecular complexity index is 568. The molecular weight excluding hydrogens is 314 g/mol. The second-order valence-corrected chi connectivity index (χ2v) is 7.32. The van der Waals surface area contributed by atoms with Gasteiger partial charge in [0.2, 0.25) is 5.91 Å². The van der Waals surface area contributed by atoms with Gasteiger partial charge in [-0.1, -0.05) is 6.07 Å². The molecule has 0 aromatic carbocycles. The molecule has 0 saturated carbocycles. The number of aryl methyl sites for hydroxylation is 1. The van der Waals surface area contributed by atoms with Crippen LogP contribution in [0.1, 0.15) is 23.4 Å². The van der Waals surface area contributed by atoms with Crippen molar-refractivity contribution in [2.75, 3.05) is 26.2 Å². The second-order valence-electron chi connectivity index (χ2n) is 5.57. The molecule has 1 fully saturated rings. The van der Waals surface area contributed by atoms with Crippen LogP contribution in [0.3, 0.4) is 0 Å².